The van der Waals surface area contributed by atoms with Crippen LogP contribution < -0.4 is 14.2 Å². The van der Waals surface area contributed by atoms with Crippen LogP contribution in [0, 0.1) is 11.3 Å². The molecule has 0 spiro atoms. The molecular formula is C31H24N2O5S. The lowest BCUT2D eigenvalue weighted by Gasteiger charge is -2.14. The number of nitrogens with zero attached hydrogens (tertiary/aromatic N) is 2. The number of amides is 2. The first-order chi connectivity index (χ1) is 19.1. The average Bonchev–Trinajstić information content (AvgIpc) is 3.23. The molecule has 0 aliphatic carbocycles. The number of carbonyl (C=O) groups is 2. The highest BCUT2D eigenvalue weighted by Gasteiger charge is 2.34. The van der Waals surface area contributed by atoms with Crippen molar-refractivity contribution in [3.05, 3.63) is 107 Å². The molecule has 4 aromatic carbocycles. The van der Waals surface area contributed by atoms with Gasteiger partial charge in [-0.1, -0.05) is 60.7 Å². The smallest absolute Gasteiger partial charge is 0.293 e. The molecule has 2 amide bonds. The SMILES string of the molecule is COc1cc(/C=C2\SC(=O)N(CCOc3cccc4ccccc34)C2=O)ccc1OCc1ccccc1C#N. The first-order valence-corrected chi connectivity index (χ1v) is 13.0. The molecule has 0 radical (unpaired) electrons. The predicted octanol–water partition coefficient (Wildman–Crippen LogP) is 6.41. The molecule has 0 bridgehead atoms. The van der Waals surface area contributed by atoms with E-state index in [1.807, 2.05) is 54.6 Å². The number of ether oxygens (including phenoxy) is 3. The van der Waals surface area contributed by atoms with Gasteiger partial charge in [-0.15, -0.1) is 0 Å². The molecule has 5 rings (SSSR count). The Bertz CT molecular complexity index is 1620. The van der Waals surface area contributed by atoms with Crippen molar-refractivity contribution >= 4 is 39.8 Å². The summed E-state index contributed by atoms with van der Waals surface area (Å²) < 4.78 is 17.3. The first-order valence-electron chi connectivity index (χ1n) is 12.2. The maximum Gasteiger partial charge on any atom is 0.293 e. The van der Waals surface area contributed by atoms with Crippen LogP contribution in [0.3, 0.4) is 0 Å². The van der Waals surface area contributed by atoms with Gasteiger partial charge in [-0.25, -0.2) is 0 Å². The number of hydrogen-bond acceptors (Lipinski definition) is 7. The number of thioether (sulfide) groups is 1. The number of rotatable bonds is 9. The minimum Gasteiger partial charge on any atom is -0.493 e. The van der Waals surface area contributed by atoms with Crippen molar-refractivity contribution in [1.29, 1.82) is 5.26 Å². The molecule has 39 heavy (non-hydrogen) atoms. The fraction of sp³-hybridized carbons (Fsp3) is 0.129. The molecule has 0 saturated carbocycles. The topological polar surface area (TPSA) is 88.9 Å². The zero-order valence-corrected chi connectivity index (χ0v) is 21.9. The van der Waals surface area contributed by atoms with Crippen LogP contribution in [0.25, 0.3) is 16.8 Å². The largest absolute Gasteiger partial charge is 0.493 e. The third kappa shape index (κ3) is 5.74. The Balaban J connectivity index is 1.24. The molecule has 0 atom stereocenters. The third-order valence-corrected chi connectivity index (χ3v) is 7.11. The van der Waals surface area contributed by atoms with Crippen LogP contribution >= 0.6 is 11.8 Å². The van der Waals surface area contributed by atoms with Gasteiger partial charge < -0.3 is 14.2 Å². The van der Waals surface area contributed by atoms with E-state index in [-0.39, 0.29) is 30.9 Å². The number of hydrogen-bond donors (Lipinski definition) is 0. The minimum absolute atomic E-state index is 0.144. The highest BCUT2D eigenvalue weighted by atomic mass is 32.2. The maximum atomic E-state index is 13.0. The Hall–Kier alpha value is -4.74. The fourth-order valence-corrected chi connectivity index (χ4v) is 5.08. The van der Waals surface area contributed by atoms with Crippen LogP contribution in [-0.2, 0) is 11.4 Å². The third-order valence-electron chi connectivity index (χ3n) is 6.20. The van der Waals surface area contributed by atoms with Gasteiger partial charge >= 0.3 is 0 Å². The lowest BCUT2D eigenvalue weighted by molar-refractivity contribution is -0.123. The van der Waals surface area contributed by atoms with E-state index in [4.69, 9.17) is 14.2 Å². The van der Waals surface area contributed by atoms with Crippen molar-refractivity contribution in [1.82, 2.24) is 4.90 Å². The Morgan fingerprint density at radius 3 is 2.54 bits per heavy atom. The van der Waals surface area contributed by atoms with Crippen LogP contribution in [0.2, 0.25) is 0 Å². The number of nitriles is 1. The maximum absolute atomic E-state index is 13.0. The Kier molecular flexibility index (Phi) is 7.80. The van der Waals surface area contributed by atoms with Gasteiger partial charge in [0.1, 0.15) is 19.0 Å². The minimum atomic E-state index is -0.362. The highest BCUT2D eigenvalue weighted by molar-refractivity contribution is 8.18. The molecule has 7 nitrogen and oxygen atoms in total. The molecule has 0 N–H and O–H groups in total. The van der Waals surface area contributed by atoms with E-state index in [9.17, 15) is 14.9 Å². The number of methoxy groups -OCH3 is 1. The molecule has 1 heterocycles. The summed E-state index contributed by atoms with van der Waals surface area (Å²) in [4.78, 5) is 27.1. The fourth-order valence-electron chi connectivity index (χ4n) is 4.22. The van der Waals surface area contributed by atoms with E-state index in [0.29, 0.717) is 33.3 Å². The first kappa shape index (κ1) is 25.9. The second kappa shape index (κ2) is 11.8. The second-order valence-electron chi connectivity index (χ2n) is 8.63. The van der Waals surface area contributed by atoms with E-state index in [1.54, 1.807) is 36.4 Å². The van der Waals surface area contributed by atoms with Crippen LogP contribution in [0.5, 0.6) is 17.2 Å². The molecule has 1 aliphatic rings. The molecule has 8 heteroatoms. The van der Waals surface area contributed by atoms with E-state index < -0.39 is 0 Å². The van der Waals surface area contributed by atoms with Crippen molar-refractivity contribution in [2.24, 2.45) is 0 Å². The van der Waals surface area contributed by atoms with Gasteiger partial charge in [0.2, 0.25) is 0 Å². The number of benzene rings is 4. The van der Waals surface area contributed by atoms with Gasteiger partial charge in [-0.05, 0) is 53.1 Å². The van der Waals surface area contributed by atoms with Gasteiger partial charge in [0.05, 0.1) is 30.2 Å². The summed E-state index contributed by atoms with van der Waals surface area (Å²) in [6.07, 6.45) is 1.66. The molecule has 1 fully saturated rings. The summed E-state index contributed by atoms with van der Waals surface area (Å²) in [6.45, 7) is 0.540. The number of fused-ring (bicyclic) bond motifs is 1. The van der Waals surface area contributed by atoms with Gasteiger partial charge in [0.15, 0.2) is 11.5 Å². The van der Waals surface area contributed by atoms with Gasteiger partial charge in [-0.2, -0.15) is 5.26 Å². The predicted molar refractivity (Wildman–Crippen MR) is 151 cm³/mol. The molecule has 4 aromatic rings. The van der Waals surface area contributed by atoms with E-state index in [0.717, 1.165) is 28.1 Å². The quantitative estimate of drug-likeness (QED) is 0.228. The monoisotopic (exact) mass is 536 g/mol. The lowest BCUT2D eigenvalue weighted by atomic mass is 10.1. The summed E-state index contributed by atoms with van der Waals surface area (Å²) in [5, 5.41) is 11.0. The van der Waals surface area contributed by atoms with Crippen molar-refractivity contribution in [3.8, 4) is 23.3 Å². The van der Waals surface area contributed by atoms with Crippen molar-refractivity contribution in [3.63, 3.8) is 0 Å². The normalized spacial score (nSPS) is 14.1. The van der Waals surface area contributed by atoms with E-state index >= 15 is 0 Å². The van der Waals surface area contributed by atoms with Gasteiger partial charge in [0.25, 0.3) is 11.1 Å². The van der Waals surface area contributed by atoms with Gasteiger partial charge in [-0.3, -0.25) is 14.5 Å². The molecule has 194 valence electrons. The number of carbonyl (C=O) groups excluding carboxylic acids is 2. The van der Waals surface area contributed by atoms with Crippen molar-refractivity contribution in [2.45, 2.75) is 6.61 Å². The molecule has 1 aliphatic heterocycles. The summed E-state index contributed by atoms with van der Waals surface area (Å²) >= 11 is 0.895. The van der Waals surface area contributed by atoms with Gasteiger partial charge in [0, 0.05) is 10.9 Å². The molecular weight excluding hydrogens is 512 g/mol. The average molecular weight is 537 g/mol. The molecule has 1 saturated heterocycles. The van der Waals surface area contributed by atoms with Crippen molar-refractivity contribution < 1.29 is 23.8 Å². The van der Waals surface area contributed by atoms with Crippen LogP contribution in [0.4, 0.5) is 4.79 Å². The van der Waals surface area contributed by atoms with Crippen LogP contribution in [0.15, 0.2) is 89.8 Å². The Labute approximate surface area is 230 Å². The van der Waals surface area contributed by atoms with E-state index in [2.05, 4.69) is 6.07 Å². The van der Waals surface area contributed by atoms with E-state index in [1.165, 1.54) is 12.0 Å². The second-order valence-corrected chi connectivity index (χ2v) is 9.62. The molecule has 0 aromatic heterocycles. The summed E-state index contributed by atoms with van der Waals surface area (Å²) in [5.41, 5.74) is 2.00. The van der Waals surface area contributed by atoms with Crippen LogP contribution in [-0.4, -0.2) is 36.3 Å². The number of imide groups is 1. The summed E-state index contributed by atoms with van der Waals surface area (Å²) in [6, 6.07) is 28.3. The molecule has 0 unspecified atom stereocenters. The lowest BCUT2D eigenvalue weighted by Crippen LogP contribution is -2.32. The zero-order chi connectivity index (χ0) is 27.2. The Morgan fingerprint density at radius 1 is 0.897 bits per heavy atom. The van der Waals surface area contributed by atoms with Crippen molar-refractivity contribution in [2.75, 3.05) is 20.3 Å². The Morgan fingerprint density at radius 2 is 1.69 bits per heavy atom. The summed E-state index contributed by atoms with van der Waals surface area (Å²) in [5.74, 6) is 1.32. The zero-order valence-electron chi connectivity index (χ0n) is 21.1. The van der Waals surface area contributed by atoms with Crippen LogP contribution in [0.1, 0.15) is 16.7 Å². The standard InChI is InChI=1S/C31H24N2O5S/c1-36-28-17-21(13-14-27(28)38-20-24-9-3-2-8-23(24)19-32)18-29-30(34)33(31(35)39-29)15-16-37-26-12-6-10-22-7-4-5-11-25(22)26/h2-14,17-18H,15-16,20H2,1H3/b29-18-. The highest BCUT2D eigenvalue weighted by Crippen LogP contribution is 2.35. The summed E-state index contributed by atoms with van der Waals surface area (Å²) in [7, 11) is 1.53.